The van der Waals surface area contributed by atoms with E-state index in [-0.39, 0.29) is 5.83 Å². The first-order chi connectivity index (χ1) is 6.27. The lowest BCUT2D eigenvalue weighted by Crippen LogP contribution is -1.80. The van der Waals surface area contributed by atoms with Crippen LogP contribution >= 0.6 is 0 Å². The third-order valence-corrected chi connectivity index (χ3v) is 2.30. The van der Waals surface area contributed by atoms with Gasteiger partial charge in [0.05, 0.1) is 5.83 Å². The van der Waals surface area contributed by atoms with Gasteiger partial charge in [0.2, 0.25) is 0 Å². The normalized spacial score (nSPS) is 10.3. The molecule has 0 radical (unpaired) electrons. The second-order valence-electron chi connectivity index (χ2n) is 3.74. The second kappa shape index (κ2) is 9.76. The van der Waals surface area contributed by atoms with Gasteiger partial charge in [-0.05, 0) is 12.8 Å². The SMILES string of the molecule is C=C(F)CCCCCCCCCC. The van der Waals surface area contributed by atoms with Gasteiger partial charge >= 0.3 is 0 Å². The van der Waals surface area contributed by atoms with Crippen LogP contribution in [-0.4, -0.2) is 0 Å². The lowest BCUT2D eigenvalue weighted by atomic mass is 10.1. The van der Waals surface area contributed by atoms with Crippen molar-refractivity contribution in [3.8, 4) is 0 Å². The molecular weight excluding hydrogens is 163 g/mol. The topological polar surface area (TPSA) is 0 Å². The van der Waals surface area contributed by atoms with E-state index in [2.05, 4.69) is 13.5 Å². The van der Waals surface area contributed by atoms with E-state index >= 15 is 0 Å². The van der Waals surface area contributed by atoms with Gasteiger partial charge in [0.1, 0.15) is 0 Å². The molecule has 0 aliphatic carbocycles. The first-order valence-corrected chi connectivity index (χ1v) is 5.60. The van der Waals surface area contributed by atoms with Gasteiger partial charge in [-0.25, -0.2) is 4.39 Å². The van der Waals surface area contributed by atoms with Gasteiger partial charge in [0.25, 0.3) is 0 Å². The van der Waals surface area contributed by atoms with Crippen molar-refractivity contribution in [2.24, 2.45) is 0 Å². The number of unbranched alkanes of at least 4 members (excludes halogenated alkanes) is 7. The van der Waals surface area contributed by atoms with Crippen LogP contribution in [0.15, 0.2) is 12.4 Å². The smallest absolute Gasteiger partial charge is 0.0928 e. The highest BCUT2D eigenvalue weighted by Gasteiger charge is 1.93. The third-order valence-electron chi connectivity index (χ3n) is 2.30. The molecule has 0 saturated heterocycles. The zero-order chi connectivity index (χ0) is 9.94. The molecule has 0 nitrogen and oxygen atoms in total. The summed E-state index contributed by atoms with van der Waals surface area (Å²) in [4.78, 5) is 0. The Morgan fingerprint density at radius 3 is 1.85 bits per heavy atom. The minimum atomic E-state index is -0.161. The van der Waals surface area contributed by atoms with Crippen molar-refractivity contribution in [2.45, 2.75) is 64.7 Å². The maximum atomic E-state index is 12.2. The first kappa shape index (κ1) is 12.7. The molecule has 0 saturated carbocycles. The summed E-state index contributed by atoms with van der Waals surface area (Å²) in [6.07, 6.45) is 10.7. The molecule has 0 heterocycles. The summed E-state index contributed by atoms with van der Waals surface area (Å²) in [7, 11) is 0. The Bertz CT molecular complexity index is 118. The summed E-state index contributed by atoms with van der Waals surface area (Å²) in [6.45, 7) is 5.48. The summed E-state index contributed by atoms with van der Waals surface area (Å²) in [5, 5.41) is 0. The number of allylic oxidation sites excluding steroid dienone is 1. The fraction of sp³-hybridized carbons (Fsp3) is 0.833. The van der Waals surface area contributed by atoms with Crippen LogP contribution in [0, 0.1) is 0 Å². The van der Waals surface area contributed by atoms with Crippen LogP contribution in [-0.2, 0) is 0 Å². The summed E-state index contributed by atoms with van der Waals surface area (Å²) < 4.78 is 12.2. The van der Waals surface area contributed by atoms with Gasteiger partial charge in [-0.15, -0.1) is 0 Å². The molecule has 0 spiro atoms. The molecule has 0 aliphatic heterocycles. The van der Waals surface area contributed by atoms with Crippen LogP contribution in [0.2, 0.25) is 0 Å². The monoisotopic (exact) mass is 186 g/mol. The van der Waals surface area contributed by atoms with E-state index in [9.17, 15) is 4.39 Å². The van der Waals surface area contributed by atoms with Gasteiger partial charge in [-0.3, -0.25) is 0 Å². The molecule has 13 heavy (non-hydrogen) atoms. The Kier molecular flexibility index (Phi) is 9.51. The molecule has 0 atom stereocenters. The van der Waals surface area contributed by atoms with E-state index in [1.165, 1.54) is 38.5 Å². The van der Waals surface area contributed by atoms with E-state index in [1.54, 1.807) is 0 Å². The fourth-order valence-corrected chi connectivity index (χ4v) is 1.45. The lowest BCUT2D eigenvalue weighted by molar-refractivity contribution is 0.536. The minimum absolute atomic E-state index is 0.161. The zero-order valence-electron chi connectivity index (χ0n) is 8.95. The van der Waals surface area contributed by atoms with E-state index in [0.29, 0.717) is 6.42 Å². The predicted octanol–water partition coefficient (Wildman–Crippen LogP) is 5.00. The molecule has 0 N–H and O–H groups in total. The molecule has 0 fully saturated rings. The van der Waals surface area contributed by atoms with Crippen LogP contribution < -0.4 is 0 Å². The van der Waals surface area contributed by atoms with Gasteiger partial charge in [0.15, 0.2) is 0 Å². The number of halogens is 1. The highest BCUT2D eigenvalue weighted by atomic mass is 19.1. The number of hydrogen-bond acceptors (Lipinski definition) is 0. The summed E-state index contributed by atoms with van der Waals surface area (Å²) in [6, 6.07) is 0. The van der Waals surface area contributed by atoms with Crippen LogP contribution in [0.1, 0.15) is 64.7 Å². The molecule has 0 aromatic rings. The average Bonchev–Trinajstić information content (AvgIpc) is 2.09. The van der Waals surface area contributed by atoms with Gasteiger partial charge in [-0.2, -0.15) is 0 Å². The summed E-state index contributed by atoms with van der Waals surface area (Å²) in [5.41, 5.74) is 0. The molecule has 0 rings (SSSR count). The number of rotatable bonds is 9. The largest absolute Gasteiger partial charge is 0.212 e. The van der Waals surface area contributed by atoms with Crippen molar-refractivity contribution in [1.29, 1.82) is 0 Å². The van der Waals surface area contributed by atoms with Gasteiger partial charge < -0.3 is 0 Å². The van der Waals surface area contributed by atoms with Crippen LogP contribution in [0.4, 0.5) is 4.39 Å². The average molecular weight is 186 g/mol. The number of hydrogen-bond donors (Lipinski definition) is 0. The van der Waals surface area contributed by atoms with E-state index in [4.69, 9.17) is 0 Å². The van der Waals surface area contributed by atoms with Crippen molar-refractivity contribution in [1.82, 2.24) is 0 Å². The highest BCUT2D eigenvalue weighted by Crippen LogP contribution is 2.12. The van der Waals surface area contributed by atoms with E-state index in [0.717, 1.165) is 12.8 Å². The molecule has 0 aromatic carbocycles. The Morgan fingerprint density at radius 2 is 1.38 bits per heavy atom. The molecule has 0 bridgehead atoms. The minimum Gasteiger partial charge on any atom is -0.212 e. The van der Waals surface area contributed by atoms with Crippen molar-refractivity contribution in [2.75, 3.05) is 0 Å². The zero-order valence-corrected chi connectivity index (χ0v) is 8.95. The molecule has 0 aromatic heterocycles. The first-order valence-electron chi connectivity index (χ1n) is 5.60. The molecule has 0 aliphatic rings. The van der Waals surface area contributed by atoms with Gasteiger partial charge in [-0.1, -0.05) is 58.4 Å². The Hall–Kier alpha value is -0.330. The second-order valence-corrected chi connectivity index (χ2v) is 3.74. The molecular formula is C12H23F. The maximum Gasteiger partial charge on any atom is 0.0928 e. The van der Waals surface area contributed by atoms with Crippen LogP contribution in [0.5, 0.6) is 0 Å². The Labute approximate surface area is 82.2 Å². The Morgan fingerprint density at radius 1 is 0.923 bits per heavy atom. The van der Waals surface area contributed by atoms with Crippen molar-refractivity contribution >= 4 is 0 Å². The summed E-state index contributed by atoms with van der Waals surface area (Å²) in [5.74, 6) is -0.161. The van der Waals surface area contributed by atoms with Crippen LogP contribution in [0.3, 0.4) is 0 Å². The van der Waals surface area contributed by atoms with Gasteiger partial charge in [0, 0.05) is 0 Å². The third kappa shape index (κ3) is 11.7. The molecule has 0 unspecified atom stereocenters. The quantitative estimate of drug-likeness (QED) is 0.444. The van der Waals surface area contributed by atoms with Crippen LogP contribution in [0.25, 0.3) is 0 Å². The molecule has 78 valence electrons. The maximum absolute atomic E-state index is 12.2. The Balaban J connectivity index is 2.87. The lowest BCUT2D eigenvalue weighted by Gasteiger charge is -2.00. The molecule has 1 heteroatoms. The standard InChI is InChI=1S/C12H23F/c1-3-4-5-6-7-8-9-10-11-12(2)13/h2-11H2,1H3. The summed E-state index contributed by atoms with van der Waals surface area (Å²) >= 11 is 0. The van der Waals surface area contributed by atoms with E-state index < -0.39 is 0 Å². The highest BCUT2D eigenvalue weighted by molar-refractivity contribution is 4.78. The van der Waals surface area contributed by atoms with Crippen molar-refractivity contribution in [3.63, 3.8) is 0 Å². The van der Waals surface area contributed by atoms with Crippen molar-refractivity contribution in [3.05, 3.63) is 12.4 Å². The van der Waals surface area contributed by atoms with Crippen molar-refractivity contribution < 1.29 is 4.39 Å². The van der Waals surface area contributed by atoms with E-state index in [1.807, 2.05) is 0 Å². The predicted molar refractivity (Wildman–Crippen MR) is 57.5 cm³/mol. The fourth-order valence-electron chi connectivity index (χ4n) is 1.45. The molecule has 0 amide bonds.